The van der Waals surface area contributed by atoms with Crippen molar-refractivity contribution in [1.82, 2.24) is 5.32 Å². The van der Waals surface area contributed by atoms with E-state index < -0.39 is 11.7 Å². The predicted molar refractivity (Wildman–Crippen MR) is 79.1 cm³/mol. The summed E-state index contributed by atoms with van der Waals surface area (Å²) in [4.78, 5) is 13.7. The summed E-state index contributed by atoms with van der Waals surface area (Å²) >= 11 is 0. The molecule has 2 aromatic rings. The second-order valence-electron chi connectivity index (χ2n) is 4.81. The van der Waals surface area contributed by atoms with Crippen LogP contribution in [0.25, 0.3) is 0 Å². The largest absolute Gasteiger partial charge is 0.312 e. The SMILES string of the molecule is N=C(NC(=O)c1ccccc1F)N1CCc2ccccc21. The van der Waals surface area contributed by atoms with Gasteiger partial charge in [0, 0.05) is 12.2 Å². The van der Waals surface area contributed by atoms with Crippen molar-refractivity contribution >= 4 is 17.6 Å². The zero-order valence-corrected chi connectivity index (χ0v) is 11.3. The van der Waals surface area contributed by atoms with Gasteiger partial charge in [0.05, 0.1) is 5.56 Å². The molecular formula is C16H14FN3O. The maximum Gasteiger partial charge on any atom is 0.260 e. The van der Waals surface area contributed by atoms with Gasteiger partial charge < -0.3 is 4.90 Å². The molecule has 0 aromatic heterocycles. The molecule has 5 heteroatoms. The minimum absolute atomic E-state index is 0.0341. The molecule has 0 unspecified atom stereocenters. The highest BCUT2D eigenvalue weighted by atomic mass is 19.1. The van der Waals surface area contributed by atoms with E-state index in [1.807, 2.05) is 24.3 Å². The third-order valence-corrected chi connectivity index (χ3v) is 3.51. The van der Waals surface area contributed by atoms with Gasteiger partial charge >= 0.3 is 0 Å². The lowest BCUT2D eigenvalue weighted by molar-refractivity contribution is 0.0972. The van der Waals surface area contributed by atoms with Crippen LogP contribution in [0.5, 0.6) is 0 Å². The molecule has 21 heavy (non-hydrogen) atoms. The van der Waals surface area contributed by atoms with Gasteiger partial charge in [0.15, 0.2) is 0 Å². The third kappa shape index (κ3) is 2.50. The van der Waals surface area contributed by atoms with Crippen LogP contribution in [-0.4, -0.2) is 18.4 Å². The van der Waals surface area contributed by atoms with Crippen LogP contribution in [0.2, 0.25) is 0 Å². The van der Waals surface area contributed by atoms with E-state index in [9.17, 15) is 9.18 Å². The van der Waals surface area contributed by atoms with E-state index in [4.69, 9.17) is 5.41 Å². The Kier molecular flexibility index (Phi) is 3.39. The predicted octanol–water partition coefficient (Wildman–Crippen LogP) is 2.55. The normalized spacial score (nSPS) is 12.9. The number of hydrogen-bond acceptors (Lipinski definition) is 2. The first-order valence-corrected chi connectivity index (χ1v) is 6.66. The van der Waals surface area contributed by atoms with Crippen molar-refractivity contribution < 1.29 is 9.18 Å². The van der Waals surface area contributed by atoms with Crippen molar-refractivity contribution in [3.05, 3.63) is 65.5 Å². The molecule has 0 saturated carbocycles. The summed E-state index contributed by atoms with van der Waals surface area (Å²) in [6, 6.07) is 13.5. The molecule has 0 atom stereocenters. The molecule has 1 heterocycles. The molecule has 2 N–H and O–H groups in total. The average Bonchev–Trinajstić information content (AvgIpc) is 2.91. The Bertz CT molecular complexity index is 714. The highest BCUT2D eigenvalue weighted by Crippen LogP contribution is 2.27. The Balaban J connectivity index is 1.76. The molecule has 0 radical (unpaired) electrons. The number of amides is 1. The Labute approximate surface area is 121 Å². The molecule has 2 aromatic carbocycles. The molecule has 106 valence electrons. The third-order valence-electron chi connectivity index (χ3n) is 3.51. The fourth-order valence-electron chi connectivity index (χ4n) is 2.46. The van der Waals surface area contributed by atoms with Crippen molar-refractivity contribution in [2.45, 2.75) is 6.42 Å². The quantitative estimate of drug-likeness (QED) is 0.624. The van der Waals surface area contributed by atoms with Crippen LogP contribution < -0.4 is 10.2 Å². The maximum atomic E-state index is 13.6. The highest BCUT2D eigenvalue weighted by Gasteiger charge is 2.23. The fraction of sp³-hybridized carbons (Fsp3) is 0.125. The smallest absolute Gasteiger partial charge is 0.260 e. The number of halogens is 1. The van der Waals surface area contributed by atoms with Crippen LogP contribution in [0.15, 0.2) is 48.5 Å². The molecule has 0 spiro atoms. The van der Waals surface area contributed by atoms with Crippen LogP contribution in [0.1, 0.15) is 15.9 Å². The molecule has 1 aliphatic rings. The van der Waals surface area contributed by atoms with Crippen LogP contribution in [0, 0.1) is 11.2 Å². The first-order chi connectivity index (χ1) is 10.2. The van der Waals surface area contributed by atoms with Crippen molar-refractivity contribution in [3.8, 4) is 0 Å². The van der Waals surface area contributed by atoms with E-state index in [-0.39, 0.29) is 11.5 Å². The number of carbonyl (C=O) groups is 1. The van der Waals surface area contributed by atoms with Crippen molar-refractivity contribution in [1.29, 1.82) is 5.41 Å². The van der Waals surface area contributed by atoms with Crippen molar-refractivity contribution in [2.75, 3.05) is 11.4 Å². The van der Waals surface area contributed by atoms with E-state index >= 15 is 0 Å². The molecular weight excluding hydrogens is 269 g/mol. The summed E-state index contributed by atoms with van der Waals surface area (Å²) in [6.45, 7) is 0.635. The van der Waals surface area contributed by atoms with Gasteiger partial charge in [0.2, 0.25) is 5.96 Å². The van der Waals surface area contributed by atoms with Crippen molar-refractivity contribution in [2.24, 2.45) is 0 Å². The van der Waals surface area contributed by atoms with Gasteiger partial charge in [-0.15, -0.1) is 0 Å². The Morgan fingerprint density at radius 3 is 2.67 bits per heavy atom. The number of guanidine groups is 1. The molecule has 1 amide bonds. The van der Waals surface area contributed by atoms with Gasteiger partial charge in [-0.05, 0) is 30.2 Å². The van der Waals surface area contributed by atoms with Gasteiger partial charge in [-0.2, -0.15) is 0 Å². The molecule has 0 aliphatic carbocycles. The molecule has 0 fully saturated rings. The maximum absolute atomic E-state index is 13.6. The fourth-order valence-corrected chi connectivity index (χ4v) is 2.46. The van der Waals surface area contributed by atoms with E-state index in [0.717, 1.165) is 17.7 Å². The molecule has 0 saturated heterocycles. The average molecular weight is 283 g/mol. The number of carbonyl (C=O) groups excluding carboxylic acids is 1. The van der Waals surface area contributed by atoms with E-state index in [1.54, 1.807) is 11.0 Å². The summed E-state index contributed by atoms with van der Waals surface area (Å²) < 4.78 is 13.6. The first-order valence-electron chi connectivity index (χ1n) is 6.66. The molecule has 3 rings (SSSR count). The summed E-state index contributed by atoms with van der Waals surface area (Å²) in [5, 5.41) is 10.5. The van der Waals surface area contributed by atoms with Crippen LogP contribution >= 0.6 is 0 Å². The summed E-state index contributed by atoms with van der Waals surface area (Å²) in [6.07, 6.45) is 0.828. The van der Waals surface area contributed by atoms with Crippen LogP contribution in [0.4, 0.5) is 10.1 Å². The lowest BCUT2D eigenvalue weighted by atomic mass is 10.2. The Hall–Kier alpha value is -2.69. The zero-order valence-electron chi connectivity index (χ0n) is 11.3. The second-order valence-corrected chi connectivity index (χ2v) is 4.81. The minimum atomic E-state index is -0.609. The first kappa shape index (κ1) is 13.3. The standard InChI is InChI=1S/C16H14FN3O/c17-13-7-3-2-6-12(13)15(21)19-16(18)20-10-9-11-5-1-4-8-14(11)20/h1-8H,9-10H2,(H2,18,19,21). The monoisotopic (exact) mass is 283 g/mol. The summed E-state index contributed by atoms with van der Waals surface area (Å²) in [5.74, 6) is -1.24. The lowest BCUT2D eigenvalue weighted by Crippen LogP contribution is -2.43. The molecule has 1 aliphatic heterocycles. The van der Waals surface area contributed by atoms with Gasteiger partial charge in [0.1, 0.15) is 5.82 Å². The van der Waals surface area contributed by atoms with Crippen LogP contribution in [0.3, 0.4) is 0 Å². The number of anilines is 1. The minimum Gasteiger partial charge on any atom is -0.312 e. The van der Waals surface area contributed by atoms with Crippen molar-refractivity contribution in [3.63, 3.8) is 0 Å². The number of para-hydroxylation sites is 1. The number of fused-ring (bicyclic) bond motifs is 1. The number of nitrogens with zero attached hydrogens (tertiary/aromatic N) is 1. The van der Waals surface area contributed by atoms with Gasteiger partial charge in [0.25, 0.3) is 5.91 Å². The van der Waals surface area contributed by atoms with Crippen LogP contribution in [-0.2, 0) is 6.42 Å². The number of benzene rings is 2. The summed E-state index contributed by atoms with van der Waals surface area (Å²) in [7, 11) is 0. The Morgan fingerprint density at radius 1 is 1.14 bits per heavy atom. The lowest BCUT2D eigenvalue weighted by Gasteiger charge is -2.20. The highest BCUT2D eigenvalue weighted by molar-refractivity contribution is 6.10. The van der Waals surface area contributed by atoms with Gasteiger partial charge in [-0.1, -0.05) is 30.3 Å². The van der Waals surface area contributed by atoms with E-state index in [0.29, 0.717) is 6.54 Å². The second kappa shape index (κ2) is 5.36. The number of rotatable bonds is 1. The zero-order chi connectivity index (χ0) is 14.8. The topological polar surface area (TPSA) is 56.2 Å². The molecule has 0 bridgehead atoms. The number of nitrogens with one attached hydrogen (secondary N) is 2. The Morgan fingerprint density at radius 2 is 1.86 bits per heavy atom. The van der Waals surface area contributed by atoms with E-state index in [1.165, 1.54) is 18.2 Å². The van der Waals surface area contributed by atoms with Gasteiger partial charge in [-0.25, -0.2) is 4.39 Å². The van der Waals surface area contributed by atoms with Gasteiger partial charge in [-0.3, -0.25) is 15.5 Å². The van der Waals surface area contributed by atoms with E-state index in [2.05, 4.69) is 5.32 Å². The number of hydrogen-bond donors (Lipinski definition) is 2. The summed E-state index contributed by atoms with van der Waals surface area (Å²) in [5.41, 5.74) is 1.99. The molecule has 4 nitrogen and oxygen atoms in total.